The Bertz CT molecular complexity index is 790. The SMILES string of the molecule is [C-]#[N+]c1cc(N=C(c2ccccc2)c2ccccc2)ccn1. The molecular weight excluding hydrogens is 270 g/mol. The van der Waals surface area contributed by atoms with Gasteiger partial charge in [-0.05, 0) is 6.07 Å². The van der Waals surface area contributed by atoms with Crippen molar-refractivity contribution in [1.29, 1.82) is 0 Å². The molecule has 0 N–H and O–H groups in total. The fraction of sp³-hybridized carbons (Fsp3) is 0. The van der Waals surface area contributed by atoms with E-state index in [1.54, 1.807) is 18.3 Å². The Morgan fingerprint density at radius 1 is 0.864 bits per heavy atom. The number of hydrogen-bond acceptors (Lipinski definition) is 2. The molecule has 22 heavy (non-hydrogen) atoms. The van der Waals surface area contributed by atoms with E-state index in [4.69, 9.17) is 11.6 Å². The number of nitrogens with zero attached hydrogens (tertiary/aromatic N) is 3. The Balaban J connectivity index is 2.13. The number of benzene rings is 2. The van der Waals surface area contributed by atoms with Gasteiger partial charge < -0.3 is 4.85 Å². The van der Waals surface area contributed by atoms with Gasteiger partial charge in [0.15, 0.2) is 0 Å². The van der Waals surface area contributed by atoms with Gasteiger partial charge in [0.25, 0.3) is 5.82 Å². The molecule has 1 aromatic heterocycles. The Morgan fingerprint density at radius 3 is 2.00 bits per heavy atom. The van der Waals surface area contributed by atoms with E-state index < -0.39 is 0 Å². The third-order valence-corrected chi connectivity index (χ3v) is 3.18. The summed E-state index contributed by atoms with van der Waals surface area (Å²) in [5, 5.41) is 0. The summed E-state index contributed by atoms with van der Waals surface area (Å²) in [4.78, 5) is 12.1. The second-order valence-electron chi connectivity index (χ2n) is 4.68. The lowest BCUT2D eigenvalue weighted by molar-refractivity contribution is 1.33. The van der Waals surface area contributed by atoms with Crippen molar-refractivity contribution in [2.75, 3.05) is 0 Å². The number of hydrogen-bond donors (Lipinski definition) is 0. The maximum Gasteiger partial charge on any atom is 0.271 e. The van der Waals surface area contributed by atoms with Gasteiger partial charge >= 0.3 is 0 Å². The van der Waals surface area contributed by atoms with Crippen LogP contribution in [0.4, 0.5) is 11.5 Å². The smallest absolute Gasteiger partial charge is 0.271 e. The summed E-state index contributed by atoms with van der Waals surface area (Å²) < 4.78 is 0. The van der Waals surface area contributed by atoms with Crippen LogP contribution in [0.3, 0.4) is 0 Å². The van der Waals surface area contributed by atoms with Crippen molar-refractivity contribution >= 4 is 17.2 Å². The normalized spacial score (nSPS) is 9.77. The Labute approximate surface area is 129 Å². The van der Waals surface area contributed by atoms with Gasteiger partial charge in [-0.3, -0.25) is 0 Å². The zero-order valence-corrected chi connectivity index (χ0v) is 11.8. The minimum Gasteiger partial charge on any atom is -0.361 e. The first-order valence-corrected chi connectivity index (χ1v) is 6.90. The molecule has 3 nitrogen and oxygen atoms in total. The highest BCUT2D eigenvalue weighted by molar-refractivity contribution is 6.13. The minimum atomic E-state index is 0.349. The molecule has 0 atom stereocenters. The highest BCUT2D eigenvalue weighted by Crippen LogP contribution is 2.21. The quantitative estimate of drug-likeness (QED) is 0.501. The molecule has 0 aliphatic carbocycles. The van der Waals surface area contributed by atoms with Gasteiger partial charge in [-0.15, -0.1) is 4.98 Å². The van der Waals surface area contributed by atoms with Crippen LogP contribution in [0.5, 0.6) is 0 Å². The van der Waals surface area contributed by atoms with Crippen LogP contribution in [0.1, 0.15) is 11.1 Å². The molecule has 0 saturated carbocycles. The number of pyridine rings is 1. The van der Waals surface area contributed by atoms with Crippen molar-refractivity contribution in [3.05, 3.63) is 102 Å². The first-order valence-electron chi connectivity index (χ1n) is 6.90. The zero-order valence-electron chi connectivity index (χ0n) is 11.8. The maximum atomic E-state index is 7.07. The lowest BCUT2D eigenvalue weighted by Crippen LogP contribution is -2.02. The topological polar surface area (TPSA) is 29.6 Å². The lowest BCUT2D eigenvalue weighted by Gasteiger charge is -2.07. The summed E-state index contributed by atoms with van der Waals surface area (Å²) in [7, 11) is 0. The fourth-order valence-electron chi connectivity index (χ4n) is 2.16. The highest BCUT2D eigenvalue weighted by Gasteiger charge is 2.07. The zero-order chi connectivity index (χ0) is 15.2. The predicted octanol–water partition coefficient (Wildman–Crippen LogP) is 4.80. The summed E-state index contributed by atoms with van der Waals surface area (Å²) >= 11 is 0. The molecule has 0 saturated heterocycles. The van der Waals surface area contributed by atoms with Crippen LogP contribution in [0.15, 0.2) is 84.0 Å². The summed E-state index contributed by atoms with van der Waals surface area (Å²) in [5.74, 6) is 0.349. The Hall–Kier alpha value is -3.25. The Kier molecular flexibility index (Phi) is 4.03. The minimum absolute atomic E-state index is 0.349. The van der Waals surface area contributed by atoms with Crippen molar-refractivity contribution in [3.8, 4) is 0 Å². The standard InChI is InChI=1S/C19H13N3/c1-20-18-14-17(12-13-21-18)22-19(15-8-4-2-5-9-15)16-10-6-3-7-11-16/h2-14H. The second-order valence-corrected chi connectivity index (χ2v) is 4.68. The molecule has 3 aromatic rings. The van der Waals surface area contributed by atoms with Crippen LogP contribution in [0.25, 0.3) is 4.85 Å². The van der Waals surface area contributed by atoms with Gasteiger partial charge in [0.05, 0.1) is 11.4 Å². The van der Waals surface area contributed by atoms with E-state index in [0.717, 1.165) is 22.5 Å². The van der Waals surface area contributed by atoms with Crippen molar-refractivity contribution in [1.82, 2.24) is 4.98 Å². The van der Waals surface area contributed by atoms with Crippen molar-refractivity contribution in [3.63, 3.8) is 0 Å². The Morgan fingerprint density at radius 2 is 1.45 bits per heavy atom. The molecule has 0 radical (unpaired) electrons. The van der Waals surface area contributed by atoms with Crippen LogP contribution in [0, 0.1) is 6.57 Å². The van der Waals surface area contributed by atoms with Crippen LogP contribution >= 0.6 is 0 Å². The fourth-order valence-corrected chi connectivity index (χ4v) is 2.16. The highest BCUT2D eigenvalue weighted by atomic mass is 14.9. The largest absolute Gasteiger partial charge is 0.361 e. The molecule has 2 aromatic carbocycles. The van der Waals surface area contributed by atoms with Gasteiger partial charge in [0.2, 0.25) is 0 Å². The summed E-state index contributed by atoms with van der Waals surface area (Å²) in [6.45, 7) is 7.07. The van der Waals surface area contributed by atoms with Crippen molar-refractivity contribution < 1.29 is 0 Å². The first-order chi connectivity index (χ1) is 10.9. The lowest BCUT2D eigenvalue weighted by atomic mass is 10.0. The molecule has 3 rings (SSSR count). The molecule has 0 bridgehead atoms. The third kappa shape index (κ3) is 3.08. The van der Waals surface area contributed by atoms with Crippen LogP contribution in [-0.2, 0) is 0 Å². The average molecular weight is 283 g/mol. The molecule has 0 unspecified atom stereocenters. The van der Waals surface area contributed by atoms with E-state index in [1.165, 1.54) is 0 Å². The van der Waals surface area contributed by atoms with E-state index in [2.05, 4.69) is 9.83 Å². The van der Waals surface area contributed by atoms with Crippen LogP contribution in [0.2, 0.25) is 0 Å². The summed E-state index contributed by atoms with van der Waals surface area (Å²) in [6, 6.07) is 23.5. The van der Waals surface area contributed by atoms with Gasteiger partial charge in [-0.1, -0.05) is 67.2 Å². The molecular formula is C19H13N3. The predicted molar refractivity (Wildman–Crippen MR) is 88.7 cm³/mol. The van der Waals surface area contributed by atoms with Crippen LogP contribution < -0.4 is 0 Å². The average Bonchev–Trinajstić information content (AvgIpc) is 2.61. The van der Waals surface area contributed by atoms with Crippen molar-refractivity contribution in [2.45, 2.75) is 0 Å². The van der Waals surface area contributed by atoms with Crippen molar-refractivity contribution in [2.24, 2.45) is 4.99 Å². The van der Waals surface area contributed by atoms with E-state index in [0.29, 0.717) is 5.82 Å². The van der Waals surface area contributed by atoms with Gasteiger partial charge in [0, 0.05) is 17.2 Å². The van der Waals surface area contributed by atoms with E-state index >= 15 is 0 Å². The molecule has 1 heterocycles. The molecule has 3 heteroatoms. The first kappa shape index (κ1) is 13.7. The summed E-state index contributed by atoms with van der Waals surface area (Å²) in [5.41, 5.74) is 3.68. The molecule has 0 spiro atoms. The second kappa shape index (κ2) is 6.47. The molecule has 0 fully saturated rings. The van der Waals surface area contributed by atoms with Crippen LogP contribution in [-0.4, -0.2) is 10.7 Å². The monoisotopic (exact) mass is 283 g/mol. The number of aromatic nitrogens is 1. The summed E-state index contributed by atoms with van der Waals surface area (Å²) in [6.07, 6.45) is 1.61. The maximum absolute atomic E-state index is 7.07. The van der Waals surface area contributed by atoms with Gasteiger partial charge in [-0.2, -0.15) is 0 Å². The van der Waals surface area contributed by atoms with Gasteiger partial charge in [0.1, 0.15) is 6.20 Å². The number of rotatable bonds is 3. The van der Waals surface area contributed by atoms with Gasteiger partial charge in [-0.25, -0.2) is 4.99 Å². The van der Waals surface area contributed by atoms with E-state index in [9.17, 15) is 0 Å². The molecule has 104 valence electrons. The molecule has 0 amide bonds. The van der Waals surface area contributed by atoms with E-state index in [1.807, 2.05) is 60.7 Å². The number of aliphatic imine (C=N–C) groups is 1. The van der Waals surface area contributed by atoms with E-state index in [-0.39, 0.29) is 0 Å². The molecule has 0 aliphatic rings. The molecule has 0 aliphatic heterocycles. The third-order valence-electron chi connectivity index (χ3n) is 3.18.